The number of hydrogen-bond acceptors (Lipinski definition) is 2. The van der Waals surface area contributed by atoms with Crippen molar-refractivity contribution in [1.82, 2.24) is 0 Å². The Kier molecular flexibility index (Phi) is 5.12. The lowest BCUT2D eigenvalue weighted by atomic mass is 9.99. The van der Waals surface area contributed by atoms with E-state index in [1.165, 1.54) is 27.8 Å². The molecule has 0 saturated carbocycles. The third-order valence-electron chi connectivity index (χ3n) is 5.24. The van der Waals surface area contributed by atoms with Gasteiger partial charge in [0.25, 0.3) is 0 Å². The van der Waals surface area contributed by atoms with Crippen molar-refractivity contribution in [1.29, 1.82) is 0 Å². The third kappa shape index (κ3) is 4.07. The average molecular weight is 367 g/mol. The van der Waals surface area contributed by atoms with Crippen molar-refractivity contribution in [2.24, 2.45) is 5.10 Å². The van der Waals surface area contributed by atoms with Gasteiger partial charge in [-0.3, -0.25) is 5.01 Å². The van der Waals surface area contributed by atoms with E-state index in [9.17, 15) is 0 Å². The van der Waals surface area contributed by atoms with Crippen molar-refractivity contribution in [3.05, 3.63) is 107 Å². The van der Waals surface area contributed by atoms with Crippen molar-refractivity contribution >= 4 is 17.5 Å². The second-order valence-corrected chi connectivity index (χ2v) is 7.65. The lowest BCUT2D eigenvalue weighted by Gasteiger charge is -2.24. The number of nitrogens with zero attached hydrogens (tertiary/aromatic N) is 2. The summed E-state index contributed by atoms with van der Waals surface area (Å²) in [6.45, 7) is 6.35. The van der Waals surface area contributed by atoms with Gasteiger partial charge in [0.2, 0.25) is 0 Å². The smallest absolute Gasteiger partial charge is 0.0831 e. The molecule has 2 heteroatoms. The first-order valence-electron chi connectivity index (χ1n) is 9.83. The summed E-state index contributed by atoms with van der Waals surface area (Å²) in [5, 5.41) is 7.13. The van der Waals surface area contributed by atoms with Gasteiger partial charge in [-0.2, -0.15) is 5.10 Å². The SMILES string of the molecule is Cc1ccc(C=CC2=NN(c3ccc(C)cc3)C(c3ccc(C)cc3)C2)cc1. The van der Waals surface area contributed by atoms with Gasteiger partial charge < -0.3 is 0 Å². The molecular formula is C26H26N2. The van der Waals surface area contributed by atoms with Crippen LogP contribution in [-0.2, 0) is 0 Å². The van der Waals surface area contributed by atoms with Gasteiger partial charge in [-0.15, -0.1) is 0 Å². The van der Waals surface area contributed by atoms with E-state index in [4.69, 9.17) is 5.10 Å². The number of rotatable bonds is 4. The van der Waals surface area contributed by atoms with Crippen LogP contribution in [0.5, 0.6) is 0 Å². The average Bonchev–Trinajstić information content (AvgIpc) is 3.13. The molecule has 0 aliphatic carbocycles. The molecule has 1 unspecified atom stereocenters. The predicted molar refractivity (Wildman–Crippen MR) is 120 cm³/mol. The molecule has 0 spiro atoms. The van der Waals surface area contributed by atoms with Crippen LogP contribution in [-0.4, -0.2) is 5.71 Å². The van der Waals surface area contributed by atoms with Crippen LogP contribution >= 0.6 is 0 Å². The highest BCUT2D eigenvalue weighted by Crippen LogP contribution is 2.35. The van der Waals surface area contributed by atoms with Gasteiger partial charge in [-0.1, -0.05) is 83.4 Å². The van der Waals surface area contributed by atoms with Gasteiger partial charge >= 0.3 is 0 Å². The zero-order valence-corrected chi connectivity index (χ0v) is 16.8. The minimum atomic E-state index is 0.223. The molecular weight excluding hydrogens is 340 g/mol. The van der Waals surface area contributed by atoms with Crippen LogP contribution < -0.4 is 5.01 Å². The lowest BCUT2D eigenvalue weighted by Crippen LogP contribution is -2.18. The fourth-order valence-electron chi connectivity index (χ4n) is 3.49. The van der Waals surface area contributed by atoms with Crippen LogP contribution in [0, 0.1) is 20.8 Å². The minimum absolute atomic E-state index is 0.223. The first-order valence-corrected chi connectivity index (χ1v) is 9.83. The van der Waals surface area contributed by atoms with E-state index in [-0.39, 0.29) is 6.04 Å². The highest BCUT2D eigenvalue weighted by Gasteiger charge is 2.28. The molecule has 1 atom stereocenters. The van der Waals surface area contributed by atoms with Crippen LogP contribution in [0.1, 0.15) is 40.3 Å². The largest absolute Gasteiger partial charge is 0.257 e. The number of allylic oxidation sites excluding steroid dienone is 1. The molecule has 4 rings (SSSR count). The molecule has 0 N–H and O–H groups in total. The quantitative estimate of drug-likeness (QED) is 0.506. The normalized spacial score (nSPS) is 16.6. The Labute approximate surface area is 167 Å². The maximum absolute atomic E-state index is 4.96. The summed E-state index contributed by atoms with van der Waals surface area (Å²) in [5.74, 6) is 0. The Morgan fingerprint density at radius 1 is 0.714 bits per heavy atom. The van der Waals surface area contributed by atoms with Crippen molar-refractivity contribution in [2.45, 2.75) is 33.2 Å². The van der Waals surface area contributed by atoms with E-state index in [0.29, 0.717) is 0 Å². The van der Waals surface area contributed by atoms with Gasteiger partial charge in [0.05, 0.1) is 17.4 Å². The number of anilines is 1. The van der Waals surface area contributed by atoms with Crippen LogP contribution in [0.4, 0.5) is 5.69 Å². The Morgan fingerprint density at radius 2 is 1.25 bits per heavy atom. The molecule has 0 radical (unpaired) electrons. The van der Waals surface area contributed by atoms with E-state index in [1.807, 2.05) is 0 Å². The summed E-state index contributed by atoms with van der Waals surface area (Å²) in [4.78, 5) is 0. The van der Waals surface area contributed by atoms with Crippen LogP contribution in [0.15, 0.2) is 84.0 Å². The van der Waals surface area contributed by atoms with Gasteiger partial charge in [0, 0.05) is 6.42 Å². The number of aryl methyl sites for hydroxylation is 3. The van der Waals surface area contributed by atoms with Crippen LogP contribution in [0.25, 0.3) is 6.08 Å². The summed E-state index contributed by atoms with van der Waals surface area (Å²) in [5.41, 5.74) is 8.56. The molecule has 0 fully saturated rings. The Hall–Kier alpha value is -3.13. The van der Waals surface area contributed by atoms with E-state index in [2.05, 4.69) is 111 Å². The Morgan fingerprint density at radius 3 is 1.86 bits per heavy atom. The van der Waals surface area contributed by atoms with Gasteiger partial charge in [-0.25, -0.2) is 0 Å². The highest BCUT2D eigenvalue weighted by atomic mass is 15.5. The molecule has 1 aliphatic heterocycles. The van der Waals surface area contributed by atoms with Crippen molar-refractivity contribution < 1.29 is 0 Å². The maximum Gasteiger partial charge on any atom is 0.0831 e. The molecule has 3 aromatic rings. The summed E-state index contributed by atoms with van der Waals surface area (Å²) in [6, 6.07) is 26.2. The van der Waals surface area contributed by atoms with Gasteiger partial charge in [0.15, 0.2) is 0 Å². The Balaban J connectivity index is 1.64. The first kappa shape index (κ1) is 18.2. The van der Waals surface area contributed by atoms with Gasteiger partial charge in [-0.05, 0) is 50.1 Å². The first-order chi connectivity index (χ1) is 13.6. The molecule has 0 bridgehead atoms. The molecule has 2 nitrogen and oxygen atoms in total. The maximum atomic E-state index is 4.96. The van der Waals surface area contributed by atoms with E-state index < -0.39 is 0 Å². The second kappa shape index (κ2) is 7.85. The molecule has 1 aliphatic rings. The van der Waals surface area contributed by atoms with E-state index >= 15 is 0 Å². The summed E-state index contributed by atoms with van der Waals surface area (Å²) in [6.07, 6.45) is 5.21. The molecule has 0 amide bonds. The number of benzene rings is 3. The van der Waals surface area contributed by atoms with E-state index in [1.54, 1.807) is 0 Å². The third-order valence-corrected chi connectivity index (χ3v) is 5.24. The van der Waals surface area contributed by atoms with E-state index in [0.717, 1.165) is 17.8 Å². The van der Waals surface area contributed by atoms with Gasteiger partial charge in [0.1, 0.15) is 0 Å². The highest BCUT2D eigenvalue weighted by molar-refractivity contribution is 6.01. The monoisotopic (exact) mass is 366 g/mol. The summed E-state index contributed by atoms with van der Waals surface area (Å²) >= 11 is 0. The number of hydrogen-bond donors (Lipinski definition) is 0. The molecule has 0 saturated heterocycles. The van der Waals surface area contributed by atoms with Crippen molar-refractivity contribution in [3.63, 3.8) is 0 Å². The zero-order chi connectivity index (χ0) is 19.5. The zero-order valence-electron chi connectivity index (χ0n) is 16.8. The fourth-order valence-corrected chi connectivity index (χ4v) is 3.49. The molecule has 140 valence electrons. The number of hydrazone groups is 1. The van der Waals surface area contributed by atoms with Crippen LogP contribution in [0.3, 0.4) is 0 Å². The molecule has 0 aromatic heterocycles. The Bertz CT molecular complexity index is 994. The minimum Gasteiger partial charge on any atom is -0.257 e. The fraction of sp³-hybridized carbons (Fsp3) is 0.192. The van der Waals surface area contributed by atoms with Crippen LogP contribution in [0.2, 0.25) is 0 Å². The molecule has 1 heterocycles. The van der Waals surface area contributed by atoms with Crippen molar-refractivity contribution in [2.75, 3.05) is 5.01 Å². The summed E-state index contributed by atoms with van der Waals surface area (Å²) < 4.78 is 0. The standard InChI is InChI=1S/C26H26N2/c1-19-4-10-22(11-5-19)12-15-24-18-26(23-13-6-20(2)7-14-23)28(27-24)25-16-8-21(3)9-17-25/h4-17,26H,18H2,1-3H3. The second-order valence-electron chi connectivity index (χ2n) is 7.65. The van der Waals surface area contributed by atoms with Crippen molar-refractivity contribution in [3.8, 4) is 0 Å². The summed E-state index contributed by atoms with van der Waals surface area (Å²) in [7, 11) is 0. The topological polar surface area (TPSA) is 15.6 Å². The molecule has 28 heavy (non-hydrogen) atoms. The lowest BCUT2D eigenvalue weighted by molar-refractivity contribution is 0.709. The predicted octanol–water partition coefficient (Wildman–Crippen LogP) is 6.63. The molecule has 3 aromatic carbocycles.